The van der Waals surface area contributed by atoms with E-state index in [4.69, 9.17) is 10.5 Å². The molecule has 0 bridgehead atoms. The molecule has 2 amide bonds. The Hall–Kier alpha value is -3.11. The molecule has 2 aromatic rings. The number of hydrogen-bond donors (Lipinski definition) is 3. The average Bonchev–Trinajstić information content (AvgIpc) is 3.13. The number of ketones is 1. The smallest absolute Gasteiger partial charge is 0.256 e. The molecule has 2 aliphatic rings. The minimum Gasteiger partial charge on any atom is -0.374 e. The number of nitrogens with one attached hydrogen (secondary N) is 2. The molecule has 4 rings (SSSR count). The van der Waals surface area contributed by atoms with Gasteiger partial charge in [-0.3, -0.25) is 14.4 Å². The summed E-state index contributed by atoms with van der Waals surface area (Å²) >= 11 is 0. The van der Waals surface area contributed by atoms with Crippen molar-refractivity contribution in [1.82, 2.24) is 15.6 Å². The molecule has 1 saturated heterocycles. The van der Waals surface area contributed by atoms with E-state index in [0.717, 1.165) is 11.1 Å². The number of ether oxygens (including phenoxy) is 1. The lowest BCUT2D eigenvalue weighted by molar-refractivity contribution is -0.142. The van der Waals surface area contributed by atoms with Crippen molar-refractivity contribution in [3.8, 4) is 0 Å². The molecule has 9 nitrogen and oxygen atoms in total. The normalized spacial score (nSPS) is 21.7. The summed E-state index contributed by atoms with van der Waals surface area (Å²) in [6.45, 7) is 3.84. The van der Waals surface area contributed by atoms with E-state index in [1.54, 1.807) is 20.9 Å². The highest BCUT2D eigenvalue weighted by Gasteiger charge is 2.59. The third-order valence-corrected chi connectivity index (χ3v) is 6.90. The molecule has 4 N–H and O–H groups in total. The molecule has 1 unspecified atom stereocenters. The molecule has 3 atom stereocenters. The average molecular weight is 542 g/mol. The number of piperidine rings is 1. The summed E-state index contributed by atoms with van der Waals surface area (Å²) in [4.78, 5) is 40.7. The fraction of sp³-hybridized carbons (Fsp3) is 0.429. The molecule has 0 spiro atoms. The van der Waals surface area contributed by atoms with E-state index in [-0.39, 0.29) is 37.3 Å². The van der Waals surface area contributed by atoms with E-state index in [9.17, 15) is 14.4 Å². The highest BCUT2D eigenvalue weighted by molar-refractivity contribution is 6.17. The summed E-state index contributed by atoms with van der Waals surface area (Å²) in [5, 5.41) is 11.9. The van der Waals surface area contributed by atoms with Gasteiger partial charge in [0.15, 0.2) is 5.78 Å². The highest BCUT2D eigenvalue weighted by Crippen LogP contribution is 2.40. The lowest BCUT2D eigenvalue weighted by Crippen LogP contribution is -2.67. The topological polar surface area (TPSA) is 126 Å². The van der Waals surface area contributed by atoms with Crippen LogP contribution in [0.15, 0.2) is 65.8 Å². The summed E-state index contributed by atoms with van der Waals surface area (Å²) in [6.07, 6.45) is 0.858. The van der Waals surface area contributed by atoms with Gasteiger partial charge in [0.25, 0.3) is 5.91 Å². The standard InChI is InChI=1S/C28H35N5O4.ClH/c1-27(2,29)25(35)31-21(18-37-17-20-12-8-5-9-13-20)23(34)24-28(16-19-10-6-4-7-11-19)22(14-15-30-24)32-33(3)26(28)36;/h4-13,21,24,30H,14-18,29H2,1-3H3,(H,31,35);1H/t21-,24?,28+;/m1./s1. The Morgan fingerprint density at radius 3 is 2.37 bits per heavy atom. The Balaban J connectivity index is 0.00000400. The largest absolute Gasteiger partial charge is 0.374 e. The number of hydrogen-bond acceptors (Lipinski definition) is 7. The summed E-state index contributed by atoms with van der Waals surface area (Å²) in [6, 6.07) is 17.3. The van der Waals surface area contributed by atoms with Crippen LogP contribution in [-0.2, 0) is 32.1 Å². The minimum atomic E-state index is -1.20. The second-order valence-corrected chi connectivity index (χ2v) is 10.3. The van der Waals surface area contributed by atoms with E-state index < -0.39 is 28.9 Å². The first-order valence-electron chi connectivity index (χ1n) is 12.5. The SMILES string of the molecule is CN1N=C2CCNC(C(=O)[C@@H](COCc3ccccc3)NC(=O)C(C)(C)N)[C@@]2(Cc2ccccc2)C1=O.Cl. The van der Waals surface area contributed by atoms with Crippen LogP contribution in [0, 0.1) is 5.41 Å². The zero-order valence-electron chi connectivity index (χ0n) is 22.0. The quantitative estimate of drug-likeness (QED) is 0.421. The van der Waals surface area contributed by atoms with Gasteiger partial charge in [-0.25, -0.2) is 5.01 Å². The van der Waals surface area contributed by atoms with E-state index in [2.05, 4.69) is 15.7 Å². The van der Waals surface area contributed by atoms with Gasteiger partial charge in [0.1, 0.15) is 11.5 Å². The van der Waals surface area contributed by atoms with Crippen molar-refractivity contribution in [2.24, 2.45) is 16.3 Å². The molecule has 38 heavy (non-hydrogen) atoms. The lowest BCUT2D eigenvalue weighted by atomic mass is 9.66. The molecule has 204 valence electrons. The fourth-order valence-electron chi connectivity index (χ4n) is 4.95. The van der Waals surface area contributed by atoms with Gasteiger partial charge in [-0.15, -0.1) is 12.4 Å². The van der Waals surface area contributed by atoms with Gasteiger partial charge in [0.2, 0.25) is 5.91 Å². The van der Waals surface area contributed by atoms with Gasteiger partial charge in [0, 0.05) is 20.0 Å². The lowest BCUT2D eigenvalue weighted by Gasteiger charge is -2.41. The summed E-state index contributed by atoms with van der Waals surface area (Å²) in [5.74, 6) is -1.06. The molecule has 0 radical (unpaired) electrons. The molecule has 1 fully saturated rings. The van der Waals surface area contributed by atoms with Crippen LogP contribution in [0.2, 0.25) is 0 Å². The molecule has 0 aromatic heterocycles. The molecule has 2 aromatic carbocycles. The summed E-state index contributed by atoms with van der Waals surface area (Å²) < 4.78 is 5.89. The third-order valence-electron chi connectivity index (χ3n) is 6.90. The van der Waals surface area contributed by atoms with Gasteiger partial charge >= 0.3 is 0 Å². The first-order valence-corrected chi connectivity index (χ1v) is 12.5. The molecular weight excluding hydrogens is 506 g/mol. The Bertz CT molecular complexity index is 1170. The van der Waals surface area contributed by atoms with Crippen LogP contribution < -0.4 is 16.4 Å². The van der Waals surface area contributed by atoms with Crippen LogP contribution >= 0.6 is 12.4 Å². The number of benzene rings is 2. The van der Waals surface area contributed by atoms with Gasteiger partial charge < -0.3 is 21.1 Å². The molecule has 2 heterocycles. The predicted molar refractivity (Wildman–Crippen MR) is 148 cm³/mol. The van der Waals surface area contributed by atoms with Crippen LogP contribution in [0.5, 0.6) is 0 Å². The number of nitrogens with zero attached hydrogens (tertiary/aromatic N) is 2. The van der Waals surface area contributed by atoms with E-state index in [0.29, 0.717) is 25.1 Å². The van der Waals surface area contributed by atoms with E-state index in [1.165, 1.54) is 5.01 Å². The maximum Gasteiger partial charge on any atom is 0.256 e. The van der Waals surface area contributed by atoms with Crippen molar-refractivity contribution in [2.75, 3.05) is 20.2 Å². The zero-order chi connectivity index (χ0) is 26.6. The number of hydrazone groups is 1. The molecule has 2 aliphatic heterocycles. The third kappa shape index (κ3) is 6.13. The molecular formula is C28H36ClN5O4. The van der Waals surface area contributed by atoms with E-state index in [1.807, 2.05) is 60.7 Å². The first-order chi connectivity index (χ1) is 17.6. The number of Topliss-reactive ketones (excluding diaryl/α,β-unsaturated/α-hetero) is 1. The summed E-state index contributed by atoms with van der Waals surface area (Å²) in [7, 11) is 1.61. The second kappa shape index (κ2) is 12.2. The first kappa shape index (κ1) is 29.4. The number of halogens is 1. The number of fused-ring (bicyclic) bond motifs is 1. The number of rotatable bonds is 10. The van der Waals surface area contributed by atoms with Crippen LogP contribution in [0.25, 0.3) is 0 Å². The summed E-state index contributed by atoms with van der Waals surface area (Å²) in [5.41, 5.74) is 6.17. The highest BCUT2D eigenvalue weighted by atomic mass is 35.5. The van der Waals surface area contributed by atoms with Gasteiger partial charge in [-0.2, -0.15) is 5.10 Å². The van der Waals surface area contributed by atoms with Crippen molar-refractivity contribution < 1.29 is 19.1 Å². The number of amides is 2. The Kier molecular flexibility index (Phi) is 9.43. The number of nitrogens with two attached hydrogens (primary N) is 1. The van der Waals surface area contributed by atoms with Crippen molar-refractivity contribution in [1.29, 1.82) is 0 Å². The second-order valence-electron chi connectivity index (χ2n) is 10.3. The molecule has 0 saturated carbocycles. The minimum absolute atomic E-state index is 0. The molecule has 10 heteroatoms. The van der Waals surface area contributed by atoms with Gasteiger partial charge in [0.05, 0.1) is 30.5 Å². The monoisotopic (exact) mass is 541 g/mol. The van der Waals surface area contributed by atoms with Crippen molar-refractivity contribution in [2.45, 2.75) is 50.9 Å². The zero-order valence-corrected chi connectivity index (χ0v) is 22.8. The fourth-order valence-corrected chi connectivity index (χ4v) is 4.95. The van der Waals surface area contributed by atoms with E-state index >= 15 is 0 Å². The predicted octanol–water partition coefficient (Wildman–Crippen LogP) is 1.84. The maximum atomic E-state index is 14.2. The van der Waals surface area contributed by atoms with Crippen LogP contribution in [0.1, 0.15) is 31.4 Å². The molecule has 0 aliphatic carbocycles. The maximum absolute atomic E-state index is 14.2. The Morgan fingerprint density at radius 2 is 1.76 bits per heavy atom. The van der Waals surface area contributed by atoms with Crippen molar-refractivity contribution in [3.05, 3.63) is 71.8 Å². The Morgan fingerprint density at radius 1 is 1.16 bits per heavy atom. The van der Waals surface area contributed by atoms with Gasteiger partial charge in [-0.1, -0.05) is 60.7 Å². The van der Waals surface area contributed by atoms with Crippen LogP contribution in [0.4, 0.5) is 0 Å². The van der Waals surface area contributed by atoms with Crippen molar-refractivity contribution >= 4 is 35.7 Å². The Labute approximate surface area is 229 Å². The van der Waals surface area contributed by atoms with Crippen LogP contribution in [-0.4, -0.2) is 66.1 Å². The van der Waals surface area contributed by atoms with Crippen LogP contribution in [0.3, 0.4) is 0 Å². The number of carbonyl (C=O) groups is 3. The van der Waals surface area contributed by atoms with Crippen molar-refractivity contribution in [3.63, 3.8) is 0 Å². The number of carbonyl (C=O) groups excluding carboxylic acids is 3. The van der Waals surface area contributed by atoms with Gasteiger partial charge in [-0.05, 0) is 31.4 Å².